The zero-order valence-corrected chi connectivity index (χ0v) is 10.3. The normalized spacial score (nSPS) is 19.4. The van der Waals surface area contributed by atoms with E-state index >= 15 is 0 Å². The van der Waals surface area contributed by atoms with Gasteiger partial charge in [-0.25, -0.2) is 8.78 Å². The quantitative estimate of drug-likeness (QED) is 0.771. The van der Waals surface area contributed by atoms with Crippen LogP contribution >= 0.6 is 0 Å². The lowest BCUT2D eigenvalue weighted by atomic mass is 10.1. The number of nitrogens with zero attached hydrogens (tertiary/aromatic N) is 1. The summed E-state index contributed by atoms with van der Waals surface area (Å²) >= 11 is 0. The summed E-state index contributed by atoms with van der Waals surface area (Å²) in [5, 5.41) is 0. The number of carbonyl (C=O) groups is 2. The number of rotatable bonds is 2. The number of anilines is 1. The smallest absolute Gasteiger partial charge is 0.299 e. The number of fused-ring (bicyclic) bond motifs is 1. The van der Waals surface area contributed by atoms with Crippen molar-refractivity contribution < 1.29 is 18.4 Å². The maximum Gasteiger partial charge on any atom is 0.299 e. The summed E-state index contributed by atoms with van der Waals surface area (Å²) in [7, 11) is 0. The Bertz CT molecular complexity index is 565. The molecule has 19 heavy (non-hydrogen) atoms. The molecule has 0 atom stereocenters. The van der Waals surface area contributed by atoms with Gasteiger partial charge in [-0.15, -0.1) is 0 Å². The van der Waals surface area contributed by atoms with Crippen molar-refractivity contribution in [2.45, 2.75) is 25.7 Å². The number of carbonyl (C=O) groups excluding carboxylic acids is 2. The van der Waals surface area contributed by atoms with Crippen LogP contribution in [0, 0.1) is 17.6 Å². The van der Waals surface area contributed by atoms with Gasteiger partial charge in [0.25, 0.3) is 11.7 Å². The number of Topliss-reactive ketones (excluding diaryl/α,β-unsaturated/α-hetero) is 1. The van der Waals surface area contributed by atoms with E-state index in [1.165, 1.54) is 4.90 Å². The van der Waals surface area contributed by atoms with Gasteiger partial charge in [0.15, 0.2) is 5.82 Å². The Morgan fingerprint density at radius 2 is 1.84 bits per heavy atom. The van der Waals surface area contributed by atoms with Gasteiger partial charge in [0.2, 0.25) is 0 Å². The van der Waals surface area contributed by atoms with Gasteiger partial charge in [0, 0.05) is 12.6 Å². The van der Waals surface area contributed by atoms with Gasteiger partial charge in [-0.2, -0.15) is 0 Å². The SMILES string of the molecule is O=C1C(=O)N(CC2CCCC2)c2c(F)cc(F)cc21. The first-order valence-corrected chi connectivity index (χ1v) is 6.43. The second kappa shape index (κ2) is 4.40. The van der Waals surface area contributed by atoms with E-state index in [1.807, 2.05) is 0 Å². The van der Waals surface area contributed by atoms with Crippen molar-refractivity contribution in [3.8, 4) is 0 Å². The number of hydrogen-bond donors (Lipinski definition) is 0. The standard InChI is InChI=1S/C14H13F2NO2/c15-9-5-10-12(11(16)6-9)17(14(19)13(10)18)7-8-3-1-2-4-8/h5-6,8H,1-4,7H2. The summed E-state index contributed by atoms with van der Waals surface area (Å²) < 4.78 is 27.0. The molecular weight excluding hydrogens is 252 g/mol. The van der Waals surface area contributed by atoms with E-state index in [0.717, 1.165) is 31.7 Å². The molecule has 1 amide bonds. The lowest BCUT2D eigenvalue weighted by molar-refractivity contribution is -0.114. The predicted octanol–water partition coefficient (Wildman–Crippen LogP) is 2.68. The maximum absolute atomic E-state index is 13.8. The molecule has 0 saturated heterocycles. The first-order chi connectivity index (χ1) is 9.08. The van der Waals surface area contributed by atoms with Crippen LogP contribution in [-0.4, -0.2) is 18.2 Å². The topological polar surface area (TPSA) is 37.4 Å². The van der Waals surface area contributed by atoms with Crippen molar-refractivity contribution in [2.75, 3.05) is 11.4 Å². The van der Waals surface area contributed by atoms with Crippen molar-refractivity contribution in [3.05, 3.63) is 29.3 Å². The van der Waals surface area contributed by atoms with Crippen molar-refractivity contribution in [2.24, 2.45) is 5.92 Å². The highest BCUT2D eigenvalue weighted by atomic mass is 19.1. The minimum Gasteiger partial charge on any atom is -0.302 e. The molecule has 0 N–H and O–H groups in total. The van der Waals surface area contributed by atoms with Crippen LogP contribution in [0.15, 0.2) is 12.1 Å². The van der Waals surface area contributed by atoms with Gasteiger partial charge in [0.1, 0.15) is 5.82 Å². The summed E-state index contributed by atoms with van der Waals surface area (Å²) in [6, 6.07) is 1.65. The van der Waals surface area contributed by atoms with Crippen LogP contribution in [0.4, 0.5) is 14.5 Å². The zero-order valence-electron chi connectivity index (χ0n) is 10.3. The molecular formula is C14H13F2NO2. The van der Waals surface area contributed by atoms with Crippen LogP contribution in [0.3, 0.4) is 0 Å². The molecule has 1 aromatic carbocycles. The van der Waals surface area contributed by atoms with Crippen molar-refractivity contribution in [3.63, 3.8) is 0 Å². The van der Waals surface area contributed by atoms with E-state index in [9.17, 15) is 18.4 Å². The Morgan fingerprint density at radius 3 is 2.53 bits per heavy atom. The fraction of sp³-hybridized carbons (Fsp3) is 0.429. The molecule has 0 unspecified atom stereocenters. The van der Waals surface area contributed by atoms with Crippen molar-refractivity contribution in [1.82, 2.24) is 0 Å². The molecule has 0 radical (unpaired) electrons. The summed E-state index contributed by atoms with van der Waals surface area (Å²) in [4.78, 5) is 24.8. The highest BCUT2D eigenvalue weighted by molar-refractivity contribution is 6.52. The lowest BCUT2D eigenvalue weighted by Crippen LogP contribution is -2.34. The van der Waals surface area contributed by atoms with Crippen LogP contribution in [0.25, 0.3) is 0 Å². The van der Waals surface area contributed by atoms with Gasteiger partial charge in [-0.05, 0) is 24.8 Å². The third kappa shape index (κ3) is 1.93. The van der Waals surface area contributed by atoms with E-state index in [4.69, 9.17) is 0 Å². The number of amides is 1. The minimum absolute atomic E-state index is 0.0525. The molecule has 2 aliphatic rings. The average molecular weight is 265 g/mol. The van der Waals surface area contributed by atoms with E-state index in [0.29, 0.717) is 18.5 Å². The van der Waals surface area contributed by atoms with Crippen LogP contribution in [0.5, 0.6) is 0 Å². The number of halogens is 2. The molecule has 1 fully saturated rings. The molecule has 3 nitrogen and oxygen atoms in total. The van der Waals surface area contributed by atoms with Gasteiger partial charge in [-0.3, -0.25) is 9.59 Å². The first kappa shape index (κ1) is 12.3. The Kier molecular flexibility index (Phi) is 2.84. The Hall–Kier alpha value is -1.78. The fourth-order valence-electron chi connectivity index (χ4n) is 2.98. The predicted molar refractivity (Wildman–Crippen MR) is 65.0 cm³/mol. The Balaban J connectivity index is 1.99. The van der Waals surface area contributed by atoms with Crippen LogP contribution in [-0.2, 0) is 4.79 Å². The largest absolute Gasteiger partial charge is 0.302 e. The van der Waals surface area contributed by atoms with Crippen molar-refractivity contribution >= 4 is 17.4 Å². The molecule has 3 rings (SSSR count). The Morgan fingerprint density at radius 1 is 1.16 bits per heavy atom. The molecule has 0 aromatic heterocycles. The number of benzene rings is 1. The molecule has 1 heterocycles. The van der Waals surface area contributed by atoms with Gasteiger partial charge < -0.3 is 4.90 Å². The Labute approximate surface area is 109 Å². The number of hydrogen-bond acceptors (Lipinski definition) is 2. The fourth-order valence-corrected chi connectivity index (χ4v) is 2.98. The van der Waals surface area contributed by atoms with Crippen molar-refractivity contribution in [1.29, 1.82) is 0 Å². The molecule has 100 valence electrons. The molecule has 1 aliphatic heterocycles. The number of ketones is 1. The average Bonchev–Trinajstić information content (AvgIpc) is 2.93. The molecule has 5 heteroatoms. The summed E-state index contributed by atoms with van der Waals surface area (Å²) in [5.74, 6) is -2.93. The highest BCUT2D eigenvalue weighted by Gasteiger charge is 2.39. The third-order valence-electron chi connectivity index (χ3n) is 3.90. The molecule has 0 spiro atoms. The van der Waals surface area contributed by atoms with Gasteiger partial charge in [-0.1, -0.05) is 12.8 Å². The monoisotopic (exact) mass is 265 g/mol. The van der Waals surface area contributed by atoms with Gasteiger partial charge >= 0.3 is 0 Å². The third-order valence-corrected chi connectivity index (χ3v) is 3.90. The van der Waals surface area contributed by atoms with Crippen LogP contribution in [0.1, 0.15) is 36.0 Å². The highest BCUT2D eigenvalue weighted by Crippen LogP contribution is 2.35. The summed E-state index contributed by atoms with van der Waals surface area (Å²) in [6.45, 7) is 0.347. The molecule has 1 saturated carbocycles. The second-order valence-corrected chi connectivity index (χ2v) is 5.18. The van der Waals surface area contributed by atoms with E-state index in [2.05, 4.69) is 0 Å². The first-order valence-electron chi connectivity index (χ1n) is 6.43. The molecule has 0 bridgehead atoms. The zero-order chi connectivity index (χ0) is 13.6. The molecule has 1 aliphatic carbocycles. The molecule has 1 aromatic rings. The second-order valence-electron chi connectivity index (χ2n) is 5.18. The minimum atomic E-state index is -0.841. The maximum atomic E-state index is 13.8. The van der Waals surface area contributed by atoms with Crippen LogP contribution < -0.4 is 4.90 Å². The van der Waals surface area contributed by atoms with E-state index in [1.54, 1.807) is 0 Å². The van der Waals surface area contributed by atoms with Crippen LogP contribution in [0.2, 0.25) is 0 Å². The van der Waals surface area contributed by atoms with Gasteiger partial charge in [0.05, 0.1) is 11.3 Å². The van der Waals surface area contributed by atoms with E-state index in [-0.39, 0.29) is 11.3 Å². The van der Waals surface area contributed by atoms with E-state index < -0.39 is 23.3 Å². The lowest BCUT2D eigenvalue weighted by Gasteiger charge is -2.20. The summed E-state index contributed by atoms with van der Waals surface area (Å²) in [5.41, 5.74) is -0.205. The summed E-state index contributed by atoms with van der Waals surface area (Å²) in [6.07, 6.45) is 4.16.